The lowest BCUT2D eigenvalue weighted by molar-refractivity contribution is 0.412. The number of hydrogen-bond acceptors (Lipinski definition) is 5. The number of fused-ring (bicyclic) bond motifs is 1. The van der Waals surface area contributed by atoms with Crippen LogP contribution in [0.5, 0.6) is 5.75 Å². The maximum Gasteiger partial charge on any atom is 0.243 e. The lowest BCUT2D eigenvalue weighted by Gasteiger charge is -2.31. The fourth-order valence-corrected chi connectivity index (χ4v) is 3.05. The van der Waals surface area contributed by atoms with Gasteiger partial charge in [-0.25, -0.2) is 9.07 Å². The molecule has 0 bridgehead atoms. The number of hydrogen-bond donors (Lipinski definition) is 1. The van der Waals surface area contributed by atoms with Crippen LogP contribution in [0.25, 0.3) is 0 Å². The molecule has 6 nitrogen and oxygen atoms in total. The summed E-state index contributed by atoms with van der Waals surface area (Å²) in [5.41, 5.74) is 2.10. The van der Waals surface area contributed by atoms with Crippen LogP contribution in [0.4, 0.5) is 10.3 Å². The lowest BCUT2D eigenvalue weighted by atomic mass is 9.93. The quantitative estimate of drug-likeness (QED) is 0.802. The normalized spacial score (nSPS) is 19.4. The van der Waals surface area contributed by atoms with Crippen molar-refractivity contribution in [3.05, 3.63) is 65.5 Å². The second-order valence-electron chi connectivity index (χ2n) is 5.72. The molecule has 1 N–H and O–H groups in total. The molecule has 122 valence electrons. The van der Waals surface area contributed by atoms with Crippen molar-refractivity contribution in [3.8, 4) is 5.75 Å². The third-order valence-electron chi connectivity index (χ3n) is 4.32. The van der Waals surface area contributed by atoms with Crippen LogP contribution < -0.4 is 10.1 Å². The van der Waals surface area contributed by atoms with Crippen LogP contribution in [0.2, 0.25) is 0 Å². The molecule has 4 rings (SSSR count). The van der Waals surface area contributed by atoms with Crippen molar-refractivity contribution in [1.29, 1.82) is 0 Å². The molecule has 1 aromatic heterocycles. The van der Waals surface area contributed by atoms with E-state index >= 15 is 0 Å². The minimum Gasteiger partial charge on any atom is -0.497 e. The first-order chi connectivity index (χ1) is 11.7. The molecule has 0 radical (unpaired) electrons. The molecule has 24 heavy (non-hydrogen) atoms. The third-order valence-corrected chi connectivity index (χ3v) is 4.32. The Morgan fingerprint density at radius 1 is 1.08 bits per heavy atom. The van der Waals surface area contributed by atoms with Crippen molar-refractivity contribution in [3.63, 3.8) is 0 Å². The second-order valence-corrected chi connectivity index (χ2v) is 5.72. The molecule has 0 spiro atoms. The van der Waals surface area contributed by atoms with Gasteiger partial charge in [0, 0.05) is 0 Å². The zero-order valence-corrected chi connectivity index (χ0v) is 13.1. The van der Waals surface area contributed by atoms with Crippen molar-refractivity contribution in [2.45, 2.75) is 18.5 Å². The van der Waals surface area contributed by atoms with Gasteiger partial charge in [0.1, 0.15) is 11.6 Å². The van der Waals surface area contributed by atoms with Gasteiger partial charge in [0.15, 0.2) is 0 Å². The van der Waals surface area contributed by atoms with Crippen molar-refractivity contribution >= 4 is 5.95 Å². The number of ether oxygens (including phenoxy) is 1. The Hall–Kier alpha value is -2.96. The lowest BCUT2D eigenvalue weighted by Crippen LogP contribution is -2.28. The van der Waals surface area contributed by atoms with E-state index in [1.165, 1.54) is 12.1 Å². The number of methoxy groups -OCH3 is 1. The van der Waals surface area contributed by atoms with Crippen molar-refractivity contribution < 1.29 is 9.13 Å². The van der Waals surface area contributed by atoms with Gasteiger partial charge in [0.05, 0.1) is 19.2 Å². The molecule has 0 saturated heterocycles. The van der Waals surface area contributed by atoms with Gasteiger partial charge in [0.25, 0.3) is 0 Å². The highest BCUT2D eigenvalue weighted by Crippen LogP contribution is 2.37. The Labute approximate surface area is 138 Å². The summed E-state index contributed by atoms with van der Waals surface area (Å²) in [4.78, 5) is 0. The predicted molar refractivity (Wildman–Crippen MR) is 86.3 cm³/mol. The summed E-state index contributed by atoms with van der Waals surface area (Å²) in [7, 11) is 1.65. The average Bonchev–Trinajstić information content (AvgIpc) is 3.10. The first-order valence-electron chi connectivity index (χ1n) is 7.68. The number of tetrazole rings is 1. The Morgan fingerprint density at radius 2 is 1.79 bits per heavy atom. The average molecular weight is 325 g/mol. The van der Waals surface area contributed by atoms with E-state index in [1.54, 1.807) is 23.9 Å². The Bertz CT molecular complexity index is 831. The number of benzene rings is 2. The van der Waals surface area contributed by atoms with Crippen LogP contribution in [0, 0.1) is 5.82 Å². The van der Waals surface area contributed by atoms with E-state index in [2.05, 4.69) is 20.8 Å². The highest BCUT2D eigenvalue weighted by Gasteiger charge is 2.30. The molecule has 1 aliphatic heterocycles. The van der Waals surface area contributed by atoms with E-state index in [9.17, 15) is 4.39 Å². The second kappa shape index (κ2) is 5.92. The molecular formula is C17H16FN5O. The number of anilines is 1. The van der Waals surface area contributed by atoms with Crippen LogP contribution in [0.1, 0.15) is 29.6 Å². The molecule has 0 unspecified atom stereocenters. The van der Waals surface area contributed by atoms with E-state index in [0.29, 0.717) is 5.95 Å². The summed E-state index contributed by atoms with van der Waals surface area (Å²) < 4.78 is 20.2. The highest BCUT2D eigenvalue weighted by molar-refractivity contribution is 5.39. The van der Waals surface area contributed by atoms with Crippen LogP contribution >= 0.6 is 0 Å². The monoisotopic (exact) mass is 325 g/mol. The Morgan fingerprint density at radius 3 is 2.50 bits per heavy atom. The van der Waals surface area contributed by atoms with Crippen LogP contribution in [0.15, 0.2) is 48.5 Å². The van der Waals surface area contributed by atoms with E-state index in [-0.39, 0.29) is 17.9 Å². The van der Waals surface area contributed by atoms with Crippen molar-refractivity contribution in [1.82, 2.24) is 20.2 Å². The van der Waals surface area contributed by atoms with Crippen LogP contribution in [-0.2, 0) is 0 Å². The van der Waals surface area contributed by atoms with Gasteiger partial charge in [0.2, 0.25) is 5.95 Å². The molecule has 1 aliphatic rings. The molecule has 0 fully saturated rings. The fraction of sp³-hybridized carbons (Fsp3) is 0.235. The van der Waals surface area contributed by atoms with Gasteiger partial charge in [-0.1, -0.05) is 29.4 Å². The third kappa shape index (κ3) is 2.58. The summed E-state index contributed by atoms with van der Waals surface area (Å²) in [6.07, 6.45) is 0.760. The number of nitrogens with one attached hydrogen (secondary N) is 1. The van der Waals surface area contributed by atoms with E-state index in [0.717, 1.165) is 23.3 Å². The van der Waals surface area contributed by atoms with E-state index < -0.39 is 0 Å². The minimum absolute atomic E-state index is 0.0519. The van der Waals surface area contributed by atoms with Gasteiger partial charge in [-0.15, -0.1) is 0 Å². The molecule has 3 aromatic rings. The first kappa shape index (κ1) is 14.6. The number of rotatable bonds is 3. The zero-order chi connectivity index (χ0) is 16.5. The molecular weight excluding hydrogens is 309 g/mol. The van der Waals surface area contributed by atoms with E-state index in [1.807, 2.05) is 24.3 Å². The first-order valence-corrected chi connectivity index (χ1v) is 7.68. The topological polar surface area (TPSA) is 64.9 Å². The van der Waals surface area contributed by atoms with Crippen LogP contribution in [0.3, 0.4) is 0 Å². The summed E-state index contributed by atoms with van der Waals surface area (Å²) in [5.74, 6) is 1.17. The maximum atomic E-state index is 13.2. The Balaban J connectivity index is 1.68. The fourth-order valence-electron chi connectivity index (χ4n) is 3.05. The number of halogens is 1. The summed E-state index contributed by atoms with van der Waals surface area (Å²) in [6, 6.07) is 14.4. The summed E-state index contributed by atoms with van der Waals surface area (Å²) in [6.45, 7) is 0. The molecule has 2 aromatic carbocycles. The zero-order valence-electron chi connectivity index (χ0n) is 13.1. The van der Waals surface area contributed by atoms with E-state index in [4.69, 9.17) is 4.74 Å². The molecule has 2 heterocycles. The summed E-state index contributed by atoms with van der Waals surface area (Å²) >= 11 is 0. The Kier molecular flexibility index (Phi) is 3.60. The largest absolute Gasteiger partial charge is 0.497 e. The maximum absolute atomic E-state index is 13.2. The van der Waals surface area contributed by atoms with Gasteiger partial charge >= 0.3 is 0 Å². The van der Waals surface area contributed by atoms with Crippen molar-refractivity contribution in [2.24, 2.45) is 0 Å². The predicted octanol–water partition coefficient (Wildman–Crippen LogP) is 2.97. The van der Waals surface area contributed by atoms with Gasteiger partial charge in [-0.2, -0.15) is 0 Å². The van der Waals surface area contributed by atoms with Crippen LogP contribution in [-0.4, -0.2) is 27.3 Å². The smallest absolute Gasteiger partial charge is 0.243 e. The minimum atomic E-state index is -0.253. The number of nitrogens with zero attached hydrogens (tertiary/aromatic N) is 4. The number of aromatic nitrogens is 4. The molecule has 0 amide bonds. The van der Waals surface area contributed by atoms with Gasteiger partial charge in [-0.05, 0) is 52.2 Å². The molecule has 7 heteroatoms. The van der Waals surface area contributed by atoms with Gasteiger partial charge in [-0.3, -0.25) is 0 Å². The molecule has 0 aliphatic carbocycles. The van der Waals surface area contributed by atoms with Gasteiger partial charge < -0.3 is 10.1 Å². The standard InChI is InChI=1S/C17H16FN5O/c1-24-14-8-4-11(5-9-14)15-10-16(12-2-6-13(18)7-3-12)23-17(19-15)20-21-22-23/h2-9,15-16H,10H2,1H3,(H,19,20,22)/t15-,16-/m1/s1. The molecule has 0 saturated carbocycles. The summed E-state index contributed by atoms with van der Waals surface area (Å²) in [5, 5.41) is 15.2. The molecule has 2 atom stereocenters. The SMILES string of the molecule is COc1ccc([C@H]2C[C@H](c3ccc(F)cc3)n3nnnc3N2)cc1. The highest BCUT2D eigenvalue weighted by atomic mass is 19.1. The van der Waals surface area contributed by atoms with Crippen molar-refractivity contribution in [2.75, 3.05) is 12.4 Å².